The van der Waals surface area contributed by atoms with Crippen LogP contribution in [0.3, 0.4) is 0 Å². The molecule has 1 amide bonds. The lowest BCUT2D eigenvalue weighted by Gasteiger charge is -2.18. The van der Waals surface area contributed by atoms with Crippen molar-refractivity contribution in [2.75, 3.05) is 25.0 Å². The molecule has 0 atom stereocenters. The third-order valence-corrected chi connectivity index (χ3v) is 7.73. The lowest BCUT2D eigenvalue weighted by Crippen LogP contribution is -2.30. The zero-order valence-electron chi connectivity index (χ0n) is 19.2. The summed E-state index contributed by atoms with van der Waals surface area (Å²) >= 11 is 0. The number of fused-ring (bicyclic) bond motifs is 1. The van der Waals surface area contributed by atoms with Crippen LogP contribution in [0.2, 0.25) is 0 Å². The first-order valence-corrected chi connectivity index (χ1v) is 12.3. The number of hydrogen-bond acceptors (Lipinski definition) is 4. The van der Waals surface area contributed by atoms with Crippen molar-refractivity contribution in [3.05, 3.63) is 53.9 Å². The molecule has 0 N–H and O–H groups in total. The van der Waals surface area contributed by atoms with E-state index in [1.807, 2.05) is 11.5 Å². The maximum Gasteiger partial charge on any atom is 0.243 e. The minimum Gasteiger partial charge on any atom is -0.328 e. The van der Waals surface area contributed by atoms with E-state index >= 15 is 0 Å². The van der Waals surface area contributed by atoms with Gasteiger partial charge in [0.1, 0.15) is 5.82 Å². The minimum absolute atomic E-state index is 0.101. The number of sulfonamides is 1. The number of nitrogens with zero attached hydrogens (tertiary/aromatic N) is 4. The van der Waals surface area contributed by atoms with Crippen LogP contribution >= 0.6 is 0 Å². The Labute approximate surface area is 192 Å². The average Bonchev–Trinajstić information content (AvgIpc) is 3.16. The summed E-state index contributed by atoms with van der Waals surface area (Å²) in [6.07, 6.45) is 0.414. The molecule has 0 fully saturated rings. The molecule has 0 bridgehead atoms. The Morgan fingerprint density at radius 1 is 1.03 bits per heavy atom. The van der Waals surface area contributed by atoms with Gasteiger partial charge in [-0.2, -0.15) is 4.31 Å². The standard InChI is InChI=1S/C23H28F2N4O3S/c1-5-28(6-2)33(31,32)17-9-11-21-20(15-17)26-22(29(21)7-3)12-13-23(30)27(4)16-8-10-18(24)19(25)14-16/h8-11,14-15H,5-7,12-13H2,1-4H3. The minimum atomic E-state index is -3.61. The number of aryl methyl sites for hydroxylation is 2. The number of anilines is 1. The molecule has 0 saturated carbocycles. The zero-order valence-corrected chi connectivity index (χ0v) is 20.0. The van der Waals surface area contributed by atoms with Gasteiger partial charge in [-0.3, -0.25) is 4.79 Å². The Bertz CT molecular complexity index is 1270. The van der Waals surface area contributed by atoms with Gasteiger partial charge in [-0.05, 0) is 37.3 Å². The highest BCUT2D eigenvalue weighted by molar-refractivity contribution is 7.89. The van der Waals surface area contributed by atoms with E-state index in [4.69, 9.17) is 0 Å². The Balaban J connectivity index is 1.84. The maximum absolute atomic E-state index is 13.5. The fourth-order valence-electron chi connectivity index (χ4n) is 3.80. The highest BCUT2D eigenvalue weighted by atomic mass is 32.2. The molecular weight excluding hydrogens is 450 g/mol. The summed E-state index contributed by atoms with van der Waals surface area (Å²) in [4.78, 5) is 18.7. The molecular formula is C23H28F2N4O3S. The van der Waals surface area contributed by atoms with Crippen LogP contribution < -0.4 is 4.90 Å². The van der Waals surface area contributed by atoms with Gasteiger partial charge in [0, 0.05) is 51.3 Å². The summed E-state index contributed by atoms with van der Waals surface area (Å²) in [5, 5.41) is 0. The number of carbonyl (C=O) groups is 1. The van der Waals surface area contributed by atoms with Crippen molar-refractivity contribution in [1.82, 2.24) is 13.9 Å². The number of aromatic nitrogens is 2. The molecule has 7 nitrogen and oxygen atoms in total. The van der Waals surface area contributed by atoms with Crippen molar-refractivity contribution in [2.24, 2.45) is 0 Å². The molecule has 0 aliphatic carbocycles. The molecule has 1 aromatic heterocycles. The van der Waals surface area contributed by atoms with Gasteiger partial charge in [-0.15, -0.1) is 0 Å². The molecule has 0 spiro atoms. The summed E-state index contributed by atoms with van der Waals surface area (Å²) in [7, 11) is -2.11. The molecule has 3 rings (SSSR count). The average molecular weight is 479 g/mol. The number of rotatable bonds is 9. The normalized spacial score (nSPS) is 12.0. The molecule has 0 radical (unpaired) electrons. The topological polar surface area (TPSA) is 75.5 Å². The first-order valence-electron chi connectivity index (χ1n) is 10.8. The van der Waals surface area contributed by atoms with Crippen molar-refractivity contribution in [3.63, 3.8) is 0 Å². The number of benzene rings is 2. The van der Waals surface area contributed by atoms with Crippen LogP contribution in [-0.2, 0) is 27.8 Å². The molecule has 2 aromatic carbocycles. The van der Waals surface area contributed by atoms with Gasteiger partial charge in [-0.25, -0.2) is 22.2 Å². The van der Waals surface area contributed by atoms with E-state index in [1.54, 1.807) is 32.0 Å². The lowest BCUT2D eigenvalue weighted by atomic mass is 10.2. The predicted molar refractivity (Wildman–Crippen MR) is 124 cm³/mol. The third kappa shape index (κ3) is 4.91. The smallest absolute Gasteiger partial charge is 0.243 e. The Morgan fingerprint density at radius 2 is 1.73 bits per heavy atom. The first kappa shape index (κ1) is 24.8. The SMILES string of the molecule is CCN(CC)S(=O)(=O)c1ccc2c(c1)nc(CCC(=O)N(C)c1ccc(F)c(F)c1)n2CC. The monoisotopic (exact) mass is 478 g/mol. The van der Waals surface area contributed by atoms with Gasteiger partial charge >= 0.3 is 0 Å². The maximum atomic E-state index is 13.5. The molecule has 0 saturated heterocycles. The summed E-state index contributed by atoms with van der Waals surface area (Å²) in [5.74, 6) is -1.62. The molecule has 33 heavy (non-hydrogen) atoms. The summed E-state index contributed by atoms with van der Waals surface area (Å²) in [6, 6.07) is 8.18. The summed E-state index contributed by atoms with van der Waals surface area (Å²) < 4.78 is 55.7. The molecule has 10 heteroatoms. The van der Waals surface area contributed by atoms with Gasteiger partial charge < -0.3 is 9.47 Å². The second-order valence-corrected chi connectivity index (χ2v) is 9.50. The lowest BCUT2D eigenvalue weighted by molar-refractivity contribution is -0.118. The van der Waals surface area contributed by atoms with Crippen LogP contribution in [0.5, 0.6) is 0 Å². The van der Waals surface area contributed by atoms with Gasteiger partial charge in [0.15, 0.2) is 11.6 Å². The highest BCUT2D eigenvalue weighted by Gasteiger charge is 2.23. The summed E-state index contributed by atoms with van der Waals surface area (Å²) in [6.45, 7) is 6.87. The highest BCUT2D eigenvalue weighted by Crippen LogP contribution is 2.24. The zero-order chi connectivity index (χ0) is 24.3. The van der Waals surface area contributed by atoms with Crippen LogP contribution in [0.4, 0.5) is 14.5 Å². The number of carbonyl (C=O) groups excluding carboxylic acids is 1. The quantitative estimate of drug-likeness (QED) is 0.467. The Hall–Kier alpha value is -2.85. The second kappa shape index (κ2) is 9.96. The van der Waals surface area contributed by atoms with Crippen LogP contribution in [0.1, 0.15) is 33.0 Å². The predicted octanol–water partition coefficient (Wildman–Crippen LogP) is 3.96. The van der Waals surface area contributed by atoms with Crippen LogP contribution in [0, 0.1) is 11.6 Å². The van der Waals surface area contributed by atoms with Crippen LogP contribution in [-0.4, -0.2) is 48.3 Å². The van der Waals surface area contributed by atoms with E-state index in [0.717, 1.165) is 17.6 Å². The fraction of sp³-hybridized carbons (Fsp3) is 0.391. The Kier molecular flexibility index (Phi) is 7.48. The second-order valence-electron chi connectivity index (χ2n) is 7.56. The van der Waals surface area contributed by atoms with Gasteiger partial charge in [0.05, 0.1) is 15.9 Å². The van der Waals surface area contributed by atoms with Crippen molar-refractivity contribution < 1.29 is 22.0 Å². The van der Waals surface area contributed by atoms with Crippen LogP contribution in [0.25, 0.3) is 11.0 Å². The van der Waals surface area contributed by atoms with Gasteiger partial charge in [0.25, 0.3) is 0 Å². The number of hydrogen-bond donors (Lipinski definition) is 0. The van der Waals surface area contributed by atoms with Crippen molar-refractivity contribution in [2.45, 2.75) is 45.1 Å². The van der Waals surface area contributed by atoms with E-state index < -0.39 is 21.7 Å². The van der Waals surface area contributed by atoms with Gasteiger partial charge in [-0.1, -0.05) is 13.8 Å². The first-order chi connectivity index (χ1) is 15.6. The molecule has 178 valence electrons. The molecule has 3 aromatic rings. The van der Waals surface area contributed by atoms with E-state index in [-0.39, 0.29) is 22.9 Å². The fourth-order valence-corrected chi connectivity index (χ4v) is 5.28. The van der Waals surface area contributed by atoms with Crippen molar-refractivity contribution >= 4 is 32.7 Å². The van der Waals surface area contributed by atoms with Crippen molar-refractivity contribution in [3.8, 4) is 0 Å². The number of imidazole rings is 1. The Morgan fingerprint density at radius 3 is 2.33 bits per heavy atom. The molecule has 1 heterocycles. The van der Waals surface area contributed by atoms with Crippen LogP contribution in [0.15, 0.2) is 41.3 Å². The number of halogens is 2. The van der Waals surface area contributed by atoms with E-state index in [9.17, 15) is 22.0 Å². The number of amides is 1. The third-order valence-electron chi connectivity index (χ3n) is 5.69. The van der Waals surface area contributed by atoms with E-state index in [2.05, 4.69) is 4.98 Å². The van der Waals surface area contributed by atoms with E-state index in [1.165, 1.54) is 22.3 Å². The molecule has 0 unspecified atom stereocenters. The molecule has 0 aliphatic heterocycles. The van der Waals surface area contributed by atoms with E-state index in [0.29, 0.717) is 37.4 Å². The summed E-state index contributed by atoms with van der Waals surface area (Å²) in [5.41, 5.74) is 1.59. The van der Waals surface area contributed by atoms with Crippen molar-refractivity contribution in [1.29, 1.82) is 0 Å². The molecule has 0 aliphatic rings. The largest absolute Gasteiger partial charge is 0.328 e. The van der Waals surface area contributed by atoms with Gasteiger partial charge in [0.2, 0.25) is 15.9 Å².